The van der Waals surface area contributed by atoms with E-state index in [0.717, 1.165) is 5.56 Å². The molecule has 3 aromatic rings. The molecular weight excluding hydrogens is 536 g/mol. The lowest BCUT2D eigenvalue weighted by molar-refractivity contribution is -0.0189. The Morgan fingerprint density at radius 3 is 1.61 bits per heavy atom. The summed E-state index contributed by atoms with van der Waals surface area (Å²) in [6, 6.07) is 10.1. The first-order valence-corrected chi connectivity index (χ1v) is 12.6. The molecule has 1 heterocycles. The predicted octanol–water partition coefficient (Wildman–Crippen LogP) is 4.66. The van der Waals surface area contributed by atoms with Crippen LogP contribution in [0.4, 0.5) is 0 Å². The van der Waals surface area contributed by atoms with Crippen molar-refractivity contribution in [3.63, 3.8) is 0 Å². The second kappa shape index (κ2) is 12.7. The van der Waals surface area contributed by atoms with Crippen molar-refractivity contribution in [3.8, 4) is 51.7 Å². The molecule has 0 aliphatic carbocycles. The first-order valence-electron chi connectivity index (χ1n) is 12.6. The summed E-state index contributed by atoms with van der Waals surface area (Å²) in [5.41, 5.74) is 1.56. The molecule has 0 bridgehead atoms. The molecule has 11 heteroatoms. The van der Waals surface area contributed by atoms with Crippen LogP contribution in [0.25, 0.3) is 0 Å². The lowest BCUT2D eigenvalue weighted by Crippen LogP contribution is -2.35. The van der Waals surface area contributed by atoms with Crippen molar-refractivity contribution in [3.05, 3.63) is 53.1 Å². The van der Waals surface area contributed by atoms with Crippen molar-refractivity contribution < 1.29 is 52.2 Å². The third-order valence-electron chi connectivity index (χ3n) is 6.77. The number of fused-ring (bicyclic) bond motifs is 1. The van der Waals surface area contributed by atoms with Crippen LogP contribution in [0.3, 0.4) is 0 Å². The van der Waals surface area contributed by atoms with E-state index in [1.165, 1.54) is 54.8 Å². The maximum Gasteiger partial charge on any atom is 0.338 e. The lowest BCUT2D eigenvalue weighted by atomic mass is 9.93. The number of hydrogen-bond acceptors (Lipinski definition) is 11. The van der Waals surface area contributed by atoms with E-state index in [1.54, 1.807) is 38.5 Å². The molecular formula is C30H34O11. The number of ether oxygens (including phenoxy) is 10. The number of rotatable bonds is 11. The molecule has 11 nitrogen and oxygen atoms in total. The molecule has 0 amide bonds. The average Bonchev–Trinajstić information content (AvgIpc) is 3.02. The molecule has 0 spiro atoms. The van der Waals surface area contributed by atoms with Gasteiger partial charge in [-0.2, -0.15) is 0 Å². The Kier molecular flexibility index (Phi) is 9.06. The van der Waals surface area contributed by atoms with E-state index < -0.39 is 18.2 Å². The zero-order valence-electron chi connectivity index (χ0n) is 24.3. The summed E-state index contributed by atoms with van der Waals surface area (Å²) in [7, 11) is 12.1. The van der Waals surface area contributed by atoms with E-state index in [9.17, 15) is 4.79 Å². The van der Waals surface area contributed by atoms with Gasteiger partial charge in [0.1, 0.15) is 23.4 Å². The van der Waals surface area contributed by atoms with Crippen LogP contribution in [0.2, 0.25) is 0 Å². The number of esters is 1. The highest BCUT2D eigenvalue weighted by Crippen LogP contribution is 2.47. The SMILES string of the molecule is COc1cc(OC)c2c(c1)OC(c1cc(OC)c(OC)c(OC)c1)C(OC(=O)c1cc(OC)c(OC)c(OC)c1)C2. The van der Waals surface area contributed by atoms with E-state index >= 15 is 0 Å². The third kappa shape index (κ3) is 5.65. The van der Waals surface area contributed by atoms with Gasteiger partial charge in [0.2, 0.25) is 11.5 Å². The molecule has 0 radical (unpaired) electrons. The smallest absolute Gasteiger partial charge is 0.338 e. The number of benzene rings is 3. The van der Waals surface area contributed by atoms with Crippen LogP contribution in [0.5, 0.6) is 51.7 Å². The molecule has 1 aliphatic rings. The van der Waals surface area contributed by atoms with Crippen LogP contribution in [-0.2, 0) is 11.2 Å². The van der Waals surface area contributed by atoms with E-state index in [2.05, 4.69) is 0 Å². The minimum atomic E-state index is -0.792. The third-order valence-corrected chi connectivity index (χ3v) is 6.77. The standard InChI is InChI=1S/C30H34O11/c1-32-18-13-20(33-2)19-15-26(41-30(31)17-11-24(36-5)29(39-8)25(12-17)37-6)27(40-21(19)14-18)16-9-22(34-3)28(38-7)23(10-16)35-4/h9-14,26-27H,15H2,1-8H3. The van der Waals surface area contributed by atoms with Crippen molar-refractivity contribution >= 4 is 5.97 Å². The molecule has 2 unspecified atom stereocenters. The Bertz CT molecular complexity index is 1350. The average molecular weight is 571 g/mol. The second-order valence-corrected chi connectivity index (χ2v) is 8.87. The highest BCUT2D eigenvalue weighted by Gasteiger charge is 2.38. The van der Waals surface area contributed by atoms with Gasteiger partial charge in [-0.05, 0) is 24.3 Å². The Hall–Kier alpha value is -4.67. The Balaban J connectivity index is 1.81. The van der Waals surface area contributed by atoms with E-state index in [1.807, 2.05) is 0 Å². The first-order chi connectivity index (χ1) is 19.8. The molecule has 41 heavy (non-hydrogen) atoms. The maximum absolute atomic E-state index is 13.6. The molecule has 0 aromatic heterocycles. The van der Waals surface area contributed by atoms with Gasteiger partial charge in [-0.3, -0.25) is 0 Å². The van der Waals surface area contributed by atoms with Crippen molar-refractivity contribution in [1.29, 1.82) is 0 Å². The largest absolute Gasteiger partial charge is 0.496 e. The summed E-state index contributed by atoms with van der Waals surface area (Å²) in [5.74, 6) is 3.26. The molecule has 220 valence electrons. The van der Waals surface area contributed by atoms with Gasteiger partial charge in [-0.1, -0.05) is 0 Å². The number of carbonyl (C=O) groups excluding carboxylic acids is 1. The number of carbonyl (C=O) groups is 1. The van der Waals surface area contributed by atoms with Crippen molar-refractivity contribution in [2.75, 3.05) is 56.9 Å². The molecule has 0 fully saturated rings. The topological polar surface area (TPSA) is 109 Å². The molecule has 1 aliphatic heterocycles. The van der Waals surface area contributed by atoms with Gasteiger partial charge in [0.05, 0.1) is 62.4 Å². The van der Waals surface area contributed by atoms with Gasteiger partial charge >= 0.3 is 5.97 Å². The van der Waals surface area contributed by atoms with Gasteiger partial charge in [0.15, 0.2) is 29.1 Å². The van der Waals surface area contributed by atoms with E-state index in [0.29, 0.717) is 57.3 Å². The molecule has 2 atom stereocenters. The fourth-order valence-corrected chi connectivity index (χ4v) is 4.78. The molecule has 0 N–H and O–H groups in total. The highest BCUT2D eigenvalue weighted by molar-refractivity contribution is 5.91. The monoisotopic (exact) mass is 570 g/mol. The maximum atomic E-state index is 13.6. The molecule has 0 saturated carbocycles. The number of hydrogen-bond donors (Lipinski definition) is 0. The van der Waals surface area contributed by atoms with Gasteiger partial charge in [-0.15, -0.1) is 0 Å². The quantitative estimate of drug-likeness (QED) is 0.300. The number of methoxy groups -OCH3 is 8. The van der Waals surface area contributed by atoms with Crippen molar-refractivity contribution in [2.24, 2.45) is 0 Å². The Morgan fingerprint density at radius 2 is 1.15 bits per heavy atom. The normalized spacial score (nSPS) is 15.5. The zero-order valence-corrected chi connectivity index (χ0v) is 24.3. The summed E-state index contributed by atoms with van der Waals surface area (Å²) >= 11 is 0. The van der Waals surface area contributed by atoms with Crippen molar-refractivity contribution in [2.45, 2.75) is 18.6 Å². The summed E-state index contributed by atoms with van der Waals surface area (Å²) < 4.78 is 56.5. The summed E-state index contributed by atoms with van der Waals surface area (Å²) in [6.07, 6.45) is -1.28. The lowest BCUT2D eigenvalue weighted by Gasteiger charge is -2.34. The minimum Gasteiger partial charge on any atom is -0.496 e. The fourth-order valence-electron chi connectivity index (χ4n) is 4.78. The van der Waals surface area contributed by atoms with Crippen LogP contribution in [0.15, 0.2) is 36.4 Å². The summed E-state index contributed by atoms with van der Waals surface area (Å²) in [4.78, 5) is 13.6. The van der Waals surface area contributed by atoms with Crippen LogP contribution in [-0.4, -0.2) is 69.0 Å². The van der Waals surface area contributed by atoms with E-state index in [4.69, 9.17) is 47.4 Å². The summed E-state index contributed by atoms with van der Waals surface area (Å²) in [6.45, 7) is 0. The van der Waals surface area contributed by atoms with Crippen LogP contribution < -0.4 is 42.6 Å². The zero-order chi connectivity index (χ0) is 29.7. The second-order valence-electron chi connectivity index (χ2n) is 8.87. The van der Waals surface area contributed by atoms with Gasteiger partial charge in [-0.25, -0.2) is 4.79 Å². The van der Waals surface area contributed by atoms with Crippen molar-refractivity contribution in [1.82, 2.24) is 0 Å². The Morgan fingerprint density at radius 1 is 0.634 bits per heavy atom. The predicted molar refractivity (Wildman–Crippen MR) is 148 cm³/mol. The molecule has 0 saturated heterocycles. The van der Waals surface area contributed by atoms with E-state index in [-0.39, 0.29) is 12.0 Å². The fraction of sp³-hybridized carbons (Fsp3) is 0.367. The highest BCUT2D eigenvalue weighted by atomic mass is 16.6. The Labute approximate surface area is 238 Å². The first kappa shape index (κ1) is 29.3. The van der Waals surface area contributed by atoms with Crippen LogP contribution in [0.1, 0.15) is 27.6 Å². The molecule has 4 rings (SSSR count). The minimum absolute atomic E-state index is 0.204. The molecule has 3 aromatic carbocycles. The van der Waals surface area contributed by atoms with Gasteiger partial charge in [0, 0.05) is 29.7 Å². The summed E-state index contributed by atoms with van der Waals surface area (Å²) in [5, 5.41) is 0. The van der Waals surface area contributed by atoms with Crippen LogP contribution in [0, 0.1) is 0 Å². The van der Waals surface area contributed by atoms with Gasteiger partial charge < -0.3 is 47.4 Å². The van der Waals surface area contributed by atoms with Crippen LogP contribution >= 0.6 is 0 Å². The van der Waals surface area contributed by atoms with Gasteiger partial charge in [0.25, 0.3) is 0 Å².